The summed E-state index contributed by atoms with van der Waals surface area (Å²) in [7, 11) is 0. The molecule has 1 unspecified atom stereocenters. The van der Waals surface area contributed by atoms with E-state index in [1.54, 1.807) is 37.4 Å². The highest BCUT2D eigenvalue weighted by atomic mass is 16.2. The molecule has 3 aromatic rings. The molecule has 24 heavy (non-hydrogen) atoms. The second kappa shape index (κ2) is 6.87. The SMILES string of the molecule is CC(C(=O)Nc1ccccn1)n1nc(-c2ccccc2)ccc1=O. The number of benzene rings is 1. The lowest BCUT2D eigenvalue weighted by atomic mass is 10.1. The number of rotatable bonds is 4. The van der Waals surface area contributed by atoms with Gasteiger partial charge in [0.25, 0.3) is 5.56 Å². The van der Waals surface area contributed by atoms with Crippen molar-refractivity contribution in [2.24, 2.45) is 0 Å². The van der Waals surface area contributed by atoms with Crippen LogP contribution in [0.1, 0.15) is 13.0 Å². The van der Waals surface area contributed by atoms with Crippen molar-refractivity contribution in [1.29, 1.82) is 0 Å². The molecule has 0 fully saturated rings. The molecule has 120 valence electrons. The number of carbonyl (C=O) groups excluding carboxylic acids is 1. The minimum absolute atomic E-state index is 0.335. The smallest absolute Gasteiger partial charge is 0.267 e. The molecule has 0 saturated heterocycles. The third-order valence-electron chi connectivity index (χ3n) is 3.56. The zero-order valence-electron chi connectivity index (χ0n) is 13.1. The van der Waals surface area contributed by atoms with Crippen LogP contribution in [0.5, 0.6) is 0 Å². The van der Waals surface area contributed by atoms with Crippen molar-refractivity contribution < 1.29 is 4.79 Å². The summed E-state index contributed by atoms with van der Waals surface area (Å²) in [6.07, 6.45) is 1.58. The molecule has 0 saturated carbocycles. The Kier molecular flexibility index (Phi) is 4.47. The van der Waals surface area contributed by atoms with Crippen molar-refractivity contribution in [1.82, 2.24) is 14.8 Å². The van der Waals surface area contributed by atoms with E-state index in [2.05, 4.69) is 15.4 Å². The van der Waals surface area contributed by atoms with Crippen molar-refractivity contribution in [2.75, 3.05) is 5.32 Å². The molecular weight excluding hydrogens is 304 g/mol. The molecule has 2 heterocycles. The topological polar surface area (TPSA) is 76.9 Å². The van der Waals surface area contributed by atoms with Gasteiger partial charge in [-0.05, 0) is 25.1 Å². The Morgan fingerprint density at radius 1 is 1.04 bits per heavy atom. The van der Waals surface area contributed by atoms with Crippen LogP contribution in [0, 0.1) is 0 Å². The normalized spacial score (nSPS) is 11.7. The van der Waals surface area contributed by atoms with E-state index < -0.39 is 6.04 Å². The van der Waals surface area contributed by atoms with Crippen LogP contribution in [-0.4, -0.2) is 20.7 Å². The van der Waals surface area contributed by atoms with E-state index in [1.165, 1.54) is 10.7 Å². The molecule has 6 heteroatoms. The van der Waals surface area contributed by atoms with Crippen LogP contribution in [0.2, 0.25) is 0 Å². The zero-order valence-corrected chi connectivity index (χ0v) is 13.1. The van der Waals surface area contributed by atoms with Crippen molar-refractivity contribution in [3.8, 4) is 11.3 Å². The summed E-state index contributed by atoms with van der Waals surface area (Å²) in [6.45, 7) is 1.63. The van der Waals surface area contributed by atoms with Crippen LogP contribution in [0.3, 0.4) is 0 Å². The van der Waals surface area contributed by atoms with Gasteiger partial charge < -0.3 is 5.32 Å². The van der Waals surface area contributed by atoms with E-state index in [4.69, 9.17) is 0 Å². The Balaban J connectivity index is 1.88. The third-order valence-corrected chi connectivity index (χ3v) is 3.56. The highest BCUT2D eigenvalue weighted by Crippen LogP contribution is 2.15. The molecule has 1 amide bonds. The van der Waals surface area contributed by atoms with E-state index in [0.717, 1.165) is 5.56 Å². The fourth-order valence-corrected chi connectivity index (χ4v) is 2.24. The quantitative estimate of drug-likeness (QED) is 0.801. The summed E-state index contributed by atoms with van der Waals surface area (Å²) in [4.78, 5) is 28.5. The number of anilines is 1. The fourth-order valence-electron chi connectivity index (χ4n) is 2.24. The zero-order chi connectivity index (χ0) is 16.9. The monoisotopic (exact) mass is 320 g/mol. The van der Waals surface area contributed by atoms with E-state index in [1.807, 2.05) is 30.3 Å². The summed E-state index contributed by atoms with van der Waals surface area (Å²) in [6, 6.07) is 17.0. The Bertz CT molecular complexity index is 892. The molecule has 6 nitrogen and oxygen atoms in total. The Morgan fingerprint density at radius 2 is 1.79 bits per heavy atom. The average Bonchev–Trinajstić information content (AvgIpc) is 2.63. The van der Waals surface area contributed by atoms with Gasteiger partial charge in [0.2, 0.25) is 5.91 Å². The molecule has 0 spiro atoms. The minimum atomic E-state index is -0.761. The number of hydrogen-bond acceptors (Lipinski definition) is 4. The maximum Gasteiger partial charge on any atom is 0.267 e. The van der Waals surface area contributed by atoms with Crippen molar-refractivity contribution in [2.45, 2.75) is 13.0 Å². The van der Waals surface area contributed by atoms with Crippen molar-refractivity contribution in [3.05, 3.63) is 77.2 Å². The molecule has 0 aliphatic heterocycles. The Labute approximate surface area is 138 Å². The van der Waals surface area contributed by atoms with Gasteiger partial charge in [0.15, 0.2) is 0 Å². The van der Waals surface area contributed by atoms with Crippen molar-refractivity contribution >= 4 is 11.7 Å². The largest absolute Gasteiger partial charge is 0.309 e. The number of hydrogen-bond donors (Lipinski definition) is 1. The van der Waals surface area contributed by atoms with E-state index in [0.29, 0.717) is 11.5 Å². The standard InChI is InChI=1S/C18H16N4O2/c1-13(18(24)20-16-9-5-6-12-19-16)22-17(23)11-10-15(21-22)14-7-3-2-4-8-14/h2-13H,1H3,(H,19,20,24). The maximum atomic E-state index is 12.4. The van der Waals surface area contributed by atoms with Gasteiger partial charge in [0.05, 0.1) is 5.69 Å². The van der Waals surface area contributed by atoms with Crippen LogP contribution in [-0.2, 0) is 4.79 Å². The second-order valence-corrected chi connectivity index (χ2v) is 5.25. The van der Waals surface area contributed by atoms with Gasteiger partial charge in [-0.15, -0.1) is 0 Å². The predicted octanol–water partition coefficient (Wildman–Crippen LogP) is 2.51. The molecular formula is C18H16N4O2. The first kappa shape index (κ1) is 15.6. The van der Waals surface area contributed by atoms with E-state index in [-0.39, 0.29) is 11.5 Å². The van der Waals surface area contributed by atoms with Gasteiger partial charge in [-0.1, -0.05) is 36.4 Å². The number of nitrogens with one attached hydrogen (secondary N) is 1. The Morgan fingerprint density at radius 3 is 2.50 bits per heavy atom. The van der Waals surface area contributed by atoms with Gasteiger partial charge in [-0.25, -0.2) is 9.67 Å². The minimum Gasteiger partial charge on any atom is -0.309 e. The number of aromatic nitrogens is 3. The average molecular weight is 320 g/mol. The molecule has 2 aromatic heterocycles. The molecule has 3 rings (SSSR count). The summed E-state index contributed by atoms with van der Waals surface area (Å²) < 4.78 is 1.18. The van der Waals surface area contributed by atoms with Gasteiger partial charge in [0.1, 0.15) is 11.9 Å². The van der Waals surface area contributed by atoms with Gasteiger partial charge >= 0.3 is 0 Å². The van der Waals surface area contributed by atoms with Crippen molar-refractivity contribution in [3.63, 3.8) is 0 Å². The highest BCUT2D eigenvalue weighted by Gasteiger charge is 2.18. The van der Waals surface area contributed by atoms with E-state index >= 15 is 0 Å². The number of carbonyl (C=O) groups is 1. The van der Waals surface area contributed by atoms with Crippen LogP contribution in [0.25, 0.3) is 11.3 Å². The van der Waals surface area contributed by atoms with Crippen LogP contribution < -0.4 is 10.9 Å². The Hall–Kier alpha value is -3.28. The summed E-state index contributed by atoms with van der Waals surface area (Å²) in [5.41, 5.74) is 1.18. The molecule has 1 N–H and O–H groups in total. The number of pyridine rings is 1. The van der Waals surface area contributed by atoms with Gasteiger partial charge in [-0.2, -0.15) is 5.10 Å². The molecule has 0 bridgehead atoms. The molecule has 1 aromatic carbocycles. The fraction of sp³-hybridized carbons (Fsp3) is 0.111. The number of nitrogens with zero attached hydrogens (tertiary/aromatic N) is 3. The molecule has 1 atom stereocenters. The van der Waals surface area contributed by atoms with Gasteiger partial charge in [-0.3, -0.25) is 9.59 Å². The lowest BCUT2D eigenvalue weighted by molar-refractivity contribution is -0.119. The molecule has 0 aliphatic rings. The van der Waals surface area contributed by atoms with Crippen LogP contribution in [0.4, 0.5) is 5.82 Å². The third kappa shape index (κ3) is 3.38. The second-order valence-electron chi connectivity index (χ2n) is 5.25. The summed E-state index contributed by atoms with van der Waals surface area (Å²) >= 11 is 0. The number of amides is 1. The first-order chi connectivity index (χ1) is 11.6. The predicted molar refractivity (Wildman–Crippen MR) is 91.5 cm³/mol. The van der Waals surface area contributed by atoms with E-state index in [9.17, 15) is 9.59 Å². The lowest BCUT2D eigenvalue weighted by Gasteiger charge is -2.14. The summed E-state index contributed by atoms with van der Waals surface area (Å²) in [5, 5.41) is 7.00. The first-order valence-corrected chi connectivity index (χ1v) is 7.52. The van der Waals surface area contributed by atoms with Crippen LogP contribution >= 0.6 is 0 Å². The van der Waals surface area contributed by atoms with Crippen LogP contribution in [0.15, 0.2) is 71.7 Å². The molecule has 0 radical (unpaired) electrons. The maximum absolute atomic E-state index is 12.4. The lowest BCUT2D eigenvalue weighted by Crippen LogP contribution is -2.33. The molecule has 0 aliphatic carbocycles. The first-order valence-electron chi connectivity index (χ1n) is 7.52. The highest BCUT2D eigenvalue weighted by molar-refractivity contribution is 5.92. The van der Waals surface area contributed by atoms with Gasteiger partial charge in [0, 0.05) is 17.8 Å². The summed E-state index contributed by atoms with van der Waals surface area (Å²) in [5.74, 6) is 0.0788.